The lowest BCUT2D eigenvalue weighted by atomic mass is 10.0. The van der Waals surface area contributed by atoms with Crippen LogP contribution in [0.4, 0.5) is 0 Å². The third-order valence-corrected chi connectivity index (χ3v) is 3.91. The van der Waals surface area contributed by atoms with E-state index >= 15 is 0 Å². The van der Waals surface area contributed by atoms with E-state index in [1.54, 1.807) is 11.3 Å². The summed E-state index contributed by atoms with van der Waals surface area (Å²) in [6, 6.07) is 6.88. The van der Waals surface area contributed by atoms with E-state index in [0.717, 1.165) is 12.2 Å². The lowest BCUT2D eigenvalue weighted by Gasteiger charge is -2.27. The molecule has 0 saturated carbocycles. The Kier molecular flexibility index (Phi) is 4.69. The Morgan fingerprint density at radius 1 is 1.26 bits per heavy atom. The molecule has 0 radical (unpaired) electrons. The van der Waals surface area contributed by atoms with Gasteiger partial charge >= 0.3 is 0 Å². The summed E-state index contributed by atoms with van der Waals surface area (Å²) in [6.45, 7) is 5.71. The number of benzene rings is 1. The minimum absolute atomic E-state index is 0.236. The SMILES string of the molecule is Cc1cc(C)cc(C(CN)N(C)Cc2cscn2)c1. The molecule has 1 atom stereocenters. The molecule has 102 valence electrons. The number of thiazole rings is 1. The zero-order chi connectivity index (χ0) is 13.8. The first-order valence-electron chi connectivity index (χ1n) is 6.45. The topological polar surface area (TPSA) is 42.1 Å². The van der Waals surface area contributed by atoms with Gasteiger partial charge in [-0.1, -0.05) is 29.3 Å². The van der Waals surface area contributed by atoms with Gasteiger partial charge in [0.1, 0.15) is 0 Å². The van der Waals surface area contributed by atoms with Crippen molar-refractivity contribution < 1.29 is 0 Å². The molecule has 0 fully saturated rings. The zero-order valence-corrected chi connectivity index (χ0v) is 12.6. The van der Waals surface area contributed by atoms with E-state index < -0.39 is 0 Å². The fraction of sp³-hybridized carbons (Fsp3) is 0.400. The predicted molar refractivity (Wildman–Crippen MR) is 81.3 cm³/mol. The minimum Gasteiger partial charge on any atom is -0.329 e. The van der Waals surface area contributed by atoms with Gasteiger partial charge in [0.2, 0.25) is 0 Å². The van der Waals surface area contributed by atoms with E-state index in [4.69, 9.17) is 5.73 Å². The molecular formula is C15H21N3S. The molecule has 0 bridgehead atoms. The first kappa shape index (κ1) is 14.2. The van der Waals surface area contributed by atoms with Crippen LogP contribution in [-0.4, -0.2) is 23.5 Å². The average Bonchev–Trinajstić information content (AvgIpc) is 2.81. The van der Waals surface area contributed by atoms with Gasteiger partial charge < -0.3 is 5.73 Å². The molecule has 1 unspecified atom stereocenters. The Hall–Kier alpha value is -1.23. The molecule has 0 amide bonds. The smallest absolute Gasteiger partial charge is 0.0795 e. The van der Waals surface area contributed by atoms with Crippen molar-refractivity contribution in [2.45, 2.75) is 26.4 Å². The summed E-state index contributed by atoms with van der Waals surface area (Å²) in [5, 5.41) is 2.09. The van der Waals surface area contributed by atoms with Gasteiger partial charge in [0.05, 0.1) is 11.2 Å². The molecule has 2 N–H and O–H groups in total. The highest BCUT2D eigenvalue weighted by atomic mass is 32.1. The summed E-state index contributed by atoms with van der Waals surface area (Å²) in [5.74, 6) is 0. The maximum absolute atomic E-state index is 5.98. The second kappa shape index (κ2) is 6.28. The van der Waals surface area contributed by atoms with E-state index in [0.29, 0.717) is 6.54 Å². The Morgan fingerprint density at radius 3 is 2.47 bits per heavy atom. The third-order valence-electron chi connectivity index (χ3n) is 3.28. The van der Waals surface area contributed by atoms with E-state index in [-0.39, 0.29) is 6.04 Å². The fourth-order valence-electron chi connectivity index (χ4n) is 2.45. The fourth-order valence-corrected chi connectivity index (χ4v) is 3.00. The molecule has 0 aliphatic carbocycles. The Balaban J connectivity index is 2.18. The molecule has 1 heterocycles. The molecule has 2 rings (SSSR count). The number of likely N-dealkylation sites (N-methyl/N-ethyl adjacent to an activating group) is 1. The number of hydrogen-bond acceptors (Lipinski definition) is 4. The summed E-state index contributed by atoms with van der Waals surface area (Å²) < 4.78 is 0. The summed E-state index contributed by atoms with van der Waals surface area (Å²) in [7, 11) is 2.11. The van der Waals surface area contributed by atoms with E-state index in [1.807, 2.05) is 5.51 Å². The number of nitrogens with zero attached hydrogens (tertiary/aromatic N) is 2. The Morgan fingerprint density at radius 2 is 1.95 bits per heavy atom. The average molecular weight is 275 g/mol. The maximum atomic E-state index is 5.98. The first-order valence-corrected chi connectivity index (χ1v) is 7.40. The van der Waals surface area contributed by atoms with Crippen molar-refractivity contribution in [3.8, 4) is 0 Å². The van der Waals surface area contributed by atoms with Crippen molar-refractivity contribution in [1.82, 2.24) is 9.88 Å². The Labute approximate surface area is 119 Å². The normalized spacial score (nSPS) is 12.9. The summed E-state index contributed by atoms with van der Waals surface area (Å²) in [4.78, 5) is 6.60. The van der Waals surface area contributed by atoms with Crippen LogP contribution in [-0.2, 0) is 6.54 Å². The van der Waals surface area contributed by atoms with E-state index in [2.05, 4.69) is 54.4 Å². The standard InChI is InChI=1S/C15H21N3S/c1-11-4-12(2)6-13(5-11)15(7-16)18(3)8-14-9-19-10-17-14/h4-6,9-10,15H,7-8,16H2,1-3H3. The molecule has 2 aromatic rings. The molecule has 0 saturated heterocycles. The van der Waals surface area contributed by atoms with Crippen molar-refractivity contribution in [3.63, 3.8) is 0 Å². The van der Waals surface area contributed by atoms with Crippen LogP contribution >= 0.6 is 11.3 Å². The Bertz CT molecular complexity index is 502. The van der Waals surface area contributed by atoms with Gasteiger partial charge in [0.25, 0.3) is 0 Å². The van der Waals surface area contributed by atoms with Crippen LogP contribution in [0.3, 0.4) is 0 Å². The van der Waals surface area contributed by atoms with Crippen LogP contribution in [0.1, 0.15) is 28.4 Å². The van der Waals surface area contributed by atoms with Gasteiger partial charge in [-0.25, -0.2) is 4.98 Å². The summed E-state index contributed by atoms with van der Waals surface area (Å²) in [5.41, 5.74) is 12.8. The van der Waals surface area contributed by atoms with Crippen LogP contribution in [0.15, 0.2) is 29.1 Å². The molecule has 0 aliphatic rings. The molecule has 0 aliphatic heterocycles. The number of aryl methyl sites for hydroxylation is 2. The molecule has 19 heavy (non-hydrogen) atoms. The zero-order valence-electron chi connectivity index (χ0n) is 11.8. The molecule has 4 heteroatoms. The summed E-state index contributed by atoms with van der Waals surface area (Å²) >= 11 is 1.63. The lowest BCUT2D eigenvalue weighted by molar-refractivity contribution is 0.239. The molecular weight excluding hydrogens is 254 g/mol. The van der Waals surface area contributed by atoms with Crippen molar-refractivity contribution in [2.75, 3.05) is 13.6 Å². The van der Waals surface area contributed by atoms with Crippen molar-refractivity contribution in [1.29, 1.82) is 0 Å². The van der Waals surface area contributed by atoms with Gasteiger partial charge in [-0.15, -0.1) is 11.3 Å². The van der Waals surface area contributed by atoms with Crippen LogP contribution in [0.2, 0.25) is 0 Å². The quantitative estimate of drug-likeness (QED) is 0.912. The summed E-state index contributed by atoms with van der Waals surface area (Å²) in [6.07, 6.45) is 0. The lowest BCUT2D eigenvalue weighted by Crippen LogP contribution is -2.30. The van der Waals surface area contributed by atoms with Crippen LogP contribution in [0.5, 0.6) is 0 Å². The highest BCUT2D eigenvalue weighted by Gasteiger charge is 2.16. The van der Waals surface area contributed by atoms with Gasteiger partial charge in [-0.3, -0.25) is 4.90 Å². The van der Waals surface area contributed by atoms with Crippen LogP contribution in [0, 0.1) is 13.8 Å². The van der Waals surface area contributed by atoms with Crippen molar-refractivity contribution in [2.24, 2.45) is 5.73 Å². The molecule has 0 spiro atoms. The number of nitrogens with two attached hydrogens (primary N) is 1. The minimum atomic E-state index is 0.236. The van der Waals surface area contributed by atoms with Crippen molar-refractivity contribution >= 4 is 11.3 Å². The second-order valence-corrected chi connectivity index (χ2v) is 5.79. The third kappa shape index (κ3) is 3.62. The van der Waals surface area contributed by atoms with Gasteiger partial charge in [-0.2, -0.15) is 0 Å². The van der Waals surface area contributed by atoms with Gasteiger partial charge in [0, 0.05) is 24.5 Å². The van der Waals surface area contributed by atoms with Gasteiger partial charge in [0.15, 0.2) is 0 Å². The largest absolute Gasteiger partial charge is 0.329 e. The van der Waals surface area contributed by atoms with Gasteiger partial charge in [-0.05, 0) is 26.5 Å². The predicted octanol–water partition coefficient (Wildman–Crippen LogP) is 2.89. The second-order valence-electron chi connectivity index (χ2n) is 5.07. The maximum Gasteiger partial charge on any atom is 0.0795 e. The number of aromatic nitrogens is 1. The van der Waals surface area contributed by atoms with E-state index in [9.17, 15) is 0 Å². The first-order chi connectivity index (χ1) is 9.10. The van der Waals surface area contributed by atoms with Crippen LogP contribution < -0.4 is 5.73 Å². The van der Waals surface area contributed by atoms with E-state index in [1.165, 1.54) is 16.7 Å². The molecule has 3 nitrogen and oxygen atoms in total. The van der Waals surface area contributed by atoms with Crippen molar-refractivity contribution in [3.05, 3.63) is 51.5 Å². The highest BCUT2D eigenvalue weighted by molar-refractivity contribution is 7.07. The van der Waals surface area contributed by atoms with Crippen LogP contribution in [0.25, 0.3) is 0 Å². The number of hydrogen-bond donors (Lipinski definition) is 1. The number of rotatable bonds is 5. The molecule has 1 aromatic heterocycles. The highest BCUT2D eigenvalue weighted by Crippen LogP contribution is 2.22. The molecule has 1 aromatic carbocycles. The monoisotopic (exact) mass is 275 g/mol.